The van der Waals surface area contributed by atoms with Crippen molar-refractivity contribution < 1.29 is 9.13 Å². The summed E-state index contributed by atoms with van der Waals surface area (Å²) >= 11 is 0. The fourth-order valence-electron chi connectivity index (χ4n) is 1.82. The molecule has 1 fully saturated rings. The van der Waals surface area contributed by atoms with Gasteiger partial charge in [0.2, 0.25) is 0 Å². The van der Waals surface area contributed by atoms with Crippen LogP contribution in [0.15, 0.2) is 0 Å². The number of halogens is 1. The highest BCUT2D eigenvalue weighted by Crippen LogP contribution is 2.21. The maximum atomic E-state index is 13.1. The summed E-state index contributed by atoms with van der Waals surface area (Å²) < 4.78 is 18.5. The maximum Gasteiger partial charge on any atom is 0.115 e. The monoisotopic (exact) mass is 203 g/mol. The van der Waals surface area contributed by atoms with Crippen molar-refractivity contribution in [1.82, 2.24) is 5.32 Å². The van der Waals surface area contributed by atoms with Gasteiger partial charge in [0.1, 0.15) is 6.17 Å². The fraction of sp³-hybridized carbons (Fsp3) is 1.00. The molecule has 2 atom stereocenters. The summed E-state index contributed by atoms with van der Waals surface area (Å²) in [5.41, 5.74) is 0. The zero-order chi connectivity index (χ0) is 10.4. The highest BCUT2D eigenvalue weighted by molar-refractivity contribution is 4.82. The molecule has 0 spiro atoms. The third-order valence-electron chi connectivity index (χ3n) is 2.61. The summed E-state index contributed by atoms with van der Waals surface area (Å²) in [6.45, 7) is 5.70. The molecule has 3 heteroatoms. The molecule has 0 aliphatic heterocycles. The molecule has 0 bridgehead atoms. The van der Waals surface area contributed by atoms with Gasteiger partial charge >= 0.3 is 0 Å². The van der Waals surface area contributed by atoms with Crippen molar-refractivity contribution in [2.75, 3.05) is 13.2 Å². The van der Waals surface area contributed by atoms with E-state index in [4.69, 9.17) is 4.74 Å². The van der Waals surface area contributed by atoms with Gasteiger partial charge in [-0.15, -0.1) is 0 Å². The summed E-state index contributed by atoms with van der Waals surface area (Å²) in [6, 6.07) is 0.106. The summed E-state index contributed by atoms with van der Waals surface area (Å²) in [5, 5.41) is 3.25. The minimum absolute atomic E-state index is 0.106. The van der Waals surface area contributed by atoms with E-state index < -0.39 is 6.17 Å². The Kier molecular flexibility index (Phi) is 5.41. The molecule has 0 aromatic carbocycles. The Morgan fingerprint density at radius 2 is 2.21 bits per heavy atom. The van der Waals surface area contributed by atoms with Gasteiger partial charge in [-0.2, -0.15) is 0 Å². The standard InChI is InChI=1S/C11H22FNO/c1-9(2)14-8-4-7-13-11-6-3-5-10(11)12/h9-11,13H,3-8H2,1-2H3/t10-,11-/m1/s1. The molecule has 1 aliphatic carbocycles. The Labute approximate surface area is 86.2 Å². The van der Waals surface area contributed by atoms with Crippen molar-refractivity contribution in [3.63, 3.8) is 0 Å². The van der Waals surface area contributed by atoms with Crippen LogP contribution in [0.4, 0.5) is 4.39 Å². The van der Waals surface area contributed by atoms with Gasteiger partial charge in [-0.3, -0.25) is 0 Å². The van der Waals surface area contributed by atoms with E-state index in [2.05, 4.69) is 5.32 Å². The zero-order valence-electron chi connectivity index (χ0n) is 9.26. The fourth-order valence-corrected chi connectivity index (χ4v) is 1.82. The lowest BCUT2D eigenvalue weighted by molar-refractivity contribution is 0.0763. The number of alkyl halides is 1. The minimum Gasteiger partial charge on any atom is -0.379 e. The van der Waals surface area contributed by atoms with Crippen LogP contribution in [-0.2, 0) is 4.74 Å². The van der Waals surface area contributed by atoms with Gasteiger partial charge < -0.3 is 10.1 Å². The molecule has 0 unspecified atom stereocenters. The molecule has 0 aromatic rings. The molecule has 1 rings (SSSR count). The second-order valence-electron chi connectivity index (χ2n) is 4.28. The van der Waals surface area contributed by atoms with E-state index in [0.29, 0.717) is 6.10 Å². The van der Waals surface area contributed by atoms with E-state index in [1.165, 1.54) is 0 Å². The van der Waals surface area contributed by atoms with Gasteiger partial charge in [-0.1, -0.05) is 0 Å². The van der Waals surface area contributed by atoms with Crippen molar-refractivity contribution in [3.05, 3.63) is 0 Å². The predicted molar refractivity (Wildman–Crippen MR) is 56.2 cm³/mol. The lowest BCUT2D eigenvalue weighted by atomic mass is 10.2. The molecule has 0 amide bonds. The third kappa shape index (κ3) is 4.38. The summed E-state index contributed by atoms with van der Waals surface area (Å²) in [4.78, 5) is 0. The highest BCUT2D eigenvalue weighted by atomic mass is 19.1. The van der Waals surface area contributed by atoms with Crippen molar-refractivity contribution in [2.24, 2.45) is 0 Å². The molecule has 0 aromatic heterocycles. The van der Waals surface area contributed by atoms with Crippen molar-refractivity contribution >= 4 is 0 Å². The highest BCUT2D eigenvalue weighted by Gasteiger charge is 2.25. The Bertz CT molecular complexity index is 152. The maximum absolute atomic E-state index is 13.1. The van der Waals surface area contributed by atoms with E-state index in [-0.39, 0.29) is 6.04 Å². The van der Waals surface area contributed by atoms with Crippen LogP contribution in [0, 0.1) is 0 Å². The molecule has 1 N–H and O–H groups in total. The average molecular weight is 203 g/mol. The Balaban J connectivity index is 1.93. The van der Waals surface area contributed by atoms with E-state index in [9.17, 15) is 4.39 Å². The second-order valence-corrected chi connectivity index (χ2v) is 4.28. The topological polar surface area (TPSA) is 21.3 Å². The van der Waals surface area contributed by atoms with E-state index in [0.717, 1.165) is 38.8 Å². The minimum atomic E-state index is -0.624. The molecule has 1 saturated carbocycles. The number of nitrogens with one attached hydrogen (secondary N) is 1. The van der Waals surface area contributed by atoms with Gasteiger partial charge in [0.05, 0.1) is 6.10 Å². The molecule has 0 saturated heterocycles. The van der Waals surface area contributed by atoms with Gasteiger partial charge in [-0.05, 0) is 46.1 Å². The lowest BCUT2D eigenvalue weighted by Crippen LogP contribution is -2.34. The van der Waals surface area contributed by atoms with E-state index in [1.807, 2.05) is 13.8 Å². The van der Waals surface area contributed by atoms with Crippen LogP contribution in [0.25, 0.3) is 0 Å². The summed E-state index contributed by atoms with van der Waals surface area (Å²) in [7, 11) is 0. The number of hydrogen-bond acceptors (Lipinski definition) is 2. The van der Waals surface area contributed by atoms with Crippen molar-refractivity contribution in [3.8, 4) is 0 Å². The van der Waals surface area contributed by atoms with Crippen LogP contribution in [0.5, 0.6) is 0 Å². The Morgan fingerprint density at radius 3 is 2.79 bits per heavy atom. The summed E-state index contributed by atoms with van der Waals surface area (Å²) in [6.07, 6.45) is 3.41. The molecule has 1 aliphatic rings. The number of ether oxygens (including phenoxy) is 1. The van der Waals surface area contributed by atoms with E-state index >= 15 is 0 Å². The zero-order valence-corrected chi connectivity index (χ0v) is 9.26. The first-order valence-electron chi connectivity index (χ1n) is 5.69. The van der Waals surface area contributed by atoms with Crippen molar-refractivity contribution in [1.29, 1.82) is 0 Å². The lowest BCUT2D eigenvalue weighted by Gasteiger charge is -2.15. The van der Waals surface area contributed by atoms with Gasteiger partial charge in [0.15, 0.2) is 0 Å². The number of hydrogen-bond donors (Lipinski definition) is 1. The smallest absolute Gasteiger partial charge is 0.115 e. The van der Waals surface area contributed by atoms with Crippen LogP contribution in [-0.4, -0.2) is 31.5 Å². The van der Waals surface area contributed by atoms with Crippen LogP contribution in [0.3, 0.4) is 0 Å². The molecule has 0 heterocycles. The first kappa shape index (κ1) is 11.9. The van der Waals surface area contributed by atoms with Crippen LogP contribution in [0.2, 0.25) is 0 Å². The normalized spacial score (nSPS) is 27.4. The Morgan fingerprint density at radius 1 is 1.43 bits per heavy atom. The van der Waals surface area contributed by atoms with Gasteiger partial charge in [0.25, 0.3) is 0 Å². The third-order valence-corrected chi connectivity index (χ3v) is 2.61. The quantitative estimate of drug-likeness (QED) is 0.669. The molecule has 14 heavy (non-hydrogen) atoms. The SMILES string of the molecule is CC(C)OCCCN[C@@H]1CCC[C@H]1F. The largest absolute Gasteiger partial charge is 0.379 e. The van der Waals surface area contributed by atoms with Crippen LogP contribution in [0.1, 0.15) is 39.5 Å². The van der Waals surface area contributed by atoms with Gasteiger partial charge in [-0.25, -0.2) is 4.39 Å². The first-order chi connectivity index (χ1) is 6.70. The molecule has 0 radical (unpaired) electrons. The van der Waals surface area contributed by atoms with E-state index in [1.54, 1.807) is 0 Å². The second kappa shape index (κ2) is 6.36. The predicted octanol–water partition coefficient (Wildman–Crippen LogP) is 2.28. The molecular formula is C11H22FNO. The Hall–Kier alpha value is -0.150. The first-order valence-corrected chi connectivity index (χ1v) is 5.69. The average Bonchev–Trinajstić information content (AvgIpc) is 2.51. The van der Waals surface area contributed by atoms with Crippen LogP contribution < -0.4 is 5.32 Å². The summed E-state index contributed by atoms with van der Waals surface area (Å²) in [5.74, 6) is 0. The number of rotatable bonds is 6. The van der Waals surface area contributed by atoms with Crippen LogP contribution >= 0.6 is 0 Å². The molecule has 84 valence electrons. The van der Waals surface area contributed by atoms with Crippen molar-refractivity contribution in [2.45, 2.75) is 57.8 Å². The molecule has 2 nitrogen and oxygen atoms in total. The van der Waals surface area contributed by atoms with Gasteiger partial charge in [0, 0.05) is 12.6 Å². The molecular weight excluding hydrogens is 181 g/mol.